The van der Waals surface area contributed by atoms with Gasteiger partial charge < -0.3 is 10.6 Å². The molecular formula is C13H23N5O. The molecule has 1 aliphatic rings. The average molecular weight is 265 g/mol. The fraction of sp³-hybridized carbons (Fsp3) is 0.692. The van der Waals surface area contributed by atoms with Gasteiger partial charge in [-0.2, -0.15) is 5.10 Å². The van der Waals surface area contributed by atoms with E-state index in [0.29, 0.717) is 6.54 Å². The first-order valence-electron chi connectivity index (χ1n) is 6.74. The third-order valence-corrected chi connectivity index (χ3v) is 3.84. The Hall–Kier alpha value is -1.40. The van der Waals surface area contributed by atoms with Crippen molar-refractivity contribution in [2.75, 3.05) is 26.2 Å². The molecule has 2 heterocycles. The van der Waals surface area contributed by atoms with E-state index in [-0.39, 0.29) is 5.91 Å². The molecule has 1 aromatic heterocycles. The van der Waals surface area contributed by atoms with Gasteiger partial charge in [0.1, 0.15) is 0 Å². The molecule has 0 saturated carbocycles. The summed E-state index contributed by atoms with van der Waals surface area (Å²) in [7, 11) is 0. The average Bonchev–Trinajstić information content (AvgIpc) is 2.82. The zero-order valence-corrected chi connectivity index (χ0v) is 11.9. The monoisotopic (exact) mass is 265 g/mol. The molecular weight excluding hydrogens is 242 g/mol. The lowest BCUT2D eigenvalue weighted by molar-refractivity contribution is -0.132. The Morgan fingerprint density at radius 3 is 2.74 bits per heavy atom. The van der Waals surface area contributed by atoms with E-state index in [0.717, 1.165) is 37.4 Å². The van der Waals surface area contributed by atoms with Crippen LogP contribution in [0.2, 0.25) is 0 Å². The molecule has 0 atom stereocenters. The highest BCUT2D eigenvalue weighted by molar-refractivity contribution is 5.85. The van der Waals surface area contributed by atoms with Gasteiger partial charge >= 0.3 is 0 Å². The summed E-state index contributed by atoms with van der Waals surface area (Å²) >= 11 is 0. The number of piperazine rings is 1. The van der Waals surface area contributed by atoms with Gasteiger partial charge in [0, 0.05) is 44.0 Å². The quantitative estimate of drug-likeness (QED) is 0.717. The second kappa shape index (κ2) is 5.71. The van der Waals surface area contributed by atoms with Crippen molar-refractivity contribution in [2.24, 2.45) is 0 Å². The van der Waals surface area contributed by atoms with Crippen LogP contribution in [0.3, 0.4) is 0 Å². The summed E-state index contributed by atoms with van der Waals surface area (Å²) in [6.07, 6.45) is 1.76. The van der Waals surface area contributed by atoms with E-state index < -0.39 is 5.54 Å². The number of aryl methyl sites for hydroxylation is 1. The number of nitrogens with zero attached hydrogens (tertiary/aromatic N) is 2. The van der Waals surface area contributed by atoms with Crippen LogP contribution in [-0.4, -0.2) is 52.7 Å². The van der Waals surface area contributed by atoms with Gasteiger partial charge in [-0.1, -0.05) is 0 Å². The minimum Gasteiger partial charge on any atom is -0.350 e. The van der Waals surface area contributed by atoms with E-state index in [9.17, 15) is 4.79 Å². The van der Waals surface area contributed by atoms with Crippen LogP contribution < -0.4 is 10.6 Å². The van der Waals surface area contributed by atoms with Gasteiger partial charge in [0.2, 0.25) is 5.91 Å². The minimum atomic E-state index is -0.472. The second-order valence-corrected chi connectivity index (χ2v) is 5.50. The Labute approximate surface area is 113 Å². The van der Waals surface area contributed by atoms with Crippen LogP contribution in [-0.2, 0) is 11.3 Å². The van der Waals surface area contributed by atoms with E-state index >= 15 is 0 Å². The number of rotatable bonds is 4. The normalized spacial score (nSPS) is 17.4. The summed E-state index contributed by atoms with van der Waals surface area (Å²) in [6.45, 7) is 10.1. The molecule has 0 radical (unpaired) electrons. The second-order valence-electron chi connectivity index (χ2n) is 5.50. The van der Waals surface area contributed by atoms with Crippen LogP contribution >= 0.6 is 0 Å². The van der Waals surface area contributed by atoms with Crippen molar-refractivity contribution in [3.05, 3.63) is 17.5 Å². The van der Waals surface area contributed by atoms with E-state index in [1.807, 2.05) is 20.8 Å². The molecule has 106 valence electrons. The number of nitrogens with one attached hydrogen (secondary N) is 3. The van der Waals surface area contributed by atoms with Crippen molar-refractivity contribution < 1.29 is 4.79 Å². The van der Waals surface area contributed by atoms with Crippen LogP contribution in [0.5, 0.6) is 0 Å². The van der Waals surface area contributed by atoms with E-state index in [1.54, 1.807) is 6.20 Å². The van der Waals surface area contributed by atoms with Gasteiger partial charge in [-0.25, -0.2) is 0 Å². The van der Waals surface area contributed by atoms with Crippen molar-refractivity contribution in [3.63, 3.8) is 0 Å². The van der Waals surface area contributed by atoms with Gasteiger partial charge in [-0.05, 0) is 20.8 Å². The van der Waals surface area contributed by atoms with Crippen LogP contribution in [0.15, 0.2) is 6.20 Å². The van der Waals surface area contributed by atoms with Crippen LogP contribution in [0, 0.1) is 6.92 Å². The fourth-order valence-electron chi connectivity index (χ4n) is 2.31. The molecule has 1 saturated heterocycles. The van der Waals surface area contributed by atoms with Crippen molar-refractivity contribution in [1.82, 2.24) is 25.7 Å². The fourth-order valence-corrected chi connectivity index (χ4v) is 2.31. The Balaban J connectivity index is 1.92. The highest BCUT2D eigenvalue weighted by Gasteiger charge is 2.34. The van der Waals surface area contributed by atoms with Gasteiger partial charge in [-0.15, -0.1) is 0 Å². The number of carbonyl (C=O) groups is 1. The lowest BCUT2D eigenvalue weighted by Gasteiger charge is -2.39. The highest BCUT2D eigenvalue weighted by atomic mass is 16.2. The summed E-state index contributed by atoms with van der Waals surface area (Å²) in [5.74, 6) is 0.0648. The standard InChI is InChI=1S/C13H23N5O/c1-10-11(9-16-17-10)8-15-12(19)13(2,3)18-6-4-14-5-7-18/h9,14H,4-8H2,1-3H3,(H,15,19)(H,16,17). The van der Waals surface area contributed by atoms with E-state index in [1.165, 1.54) is 0 Å². The summed E-state index contributed by atoms with van der Waals surface area (Å²) in [5.41, 5.74) is 1.56. The lowest BCUT2D eigenvalue weighted by Crippen LogP contribution is -2.59. The molecule has 0 aromatic carbocycles. The molecule has 1 aliphatic heterocycles. The van der Waals surface area contributed by atoms with E-state index in [2.05, 4.69) is 25.7 Å². The van der Waals surface area contributed by atoms with Crippen LogP contribution in [0.1, 0.15) is 25.1 Å². The van der Waals surface area contributed by atoms with Gasteiger partial charge in [0.05, 0.1) is 11.7 Å². The first-order chi connectivity index (χ1) is 9.01. The minimum absolute atomic E-state index is 0.0648. The number of amides is 1. The maximum absolute atomic E-state index is 12.4. The zero-order valence-electron chi connectivity index (χ0n) is 11.9. The lowest BCUT2D eigenvalue weighted by atomic mass is 10.0. The van der Waals surface area contributed by atoms with E-state index in [4.69, 9.17) is 0 Å². The Morgan fingerprint density at radius 2 is 2.16 bits per heavy atom. The van der Waals surface area contributed by atoms with Crippen LogP contribution in [0.25, 0.3) is 0 Å². The molecule has 19 heavy (non-hydrogen) atoms. The molecule has 3 N–H and O–H groups in total. The number of H-pyrrole nitrogens is 1. The largest absolute Gasteiger partial charge is 0.350 e. The summed E-state index contributed by atoms with van der Waals surface area (Å²) < 4.78 is 0. The van der Waals surface area contributed by atoms with Gasteiger partial charge in [-0.3, -0.25) is 14.8 Å². The van der Waals surface area contributed by atoms with Gasteiger partial charge in [0.25, 0.3) is 0 Å². The third-order valence-electron chi connectivity index (χ3n) is 3.84. The molecule has 6 heteroatoms. The van der Waals surface area contributed by atoms with Gasteiger partial charge in [0.15, 0.2) is 0 Å². The molecule has 1 amide bonds. The summed E-state index contributed by atoms with van der Waals surface area (Å²) in [6, 6.07) is 0. The maximum Gasteiger partial charge on any atom is 0.240 e. The number of hydrogen-bond donors (Lipinski definition) is 3. The topological polar surface area (TPSA) is 73.0 Å². The molecule has 0 spiro atoms. The first kappa shape index (κ1) is 14.0. The molecule has 0 aliphatic carbocycles. The summed E-state index contributed by atoms with van der Waals surface area (Å²) in [4.78, 5) is 14.6. The number of aromatic nitrogens is 2. The maximum atomic E-state index is 12.4. The molecule has 1 aromatic rings. The smallest absolute Gasteiger partial charge is 0.240 e. The Morgan fingerprint density at radius 1 is 1.47 bits per heavy atom. The van der Waals surface area contributed by atoms with Crippen LogP contribution in [0.4, 0.5) is 0 Å². The Kier molecular flexibility index (Phi) is 4.21. The number of aromatic amines is 1. The first-order valence-corrected chi connectivity index (χ1v) is 6.74. The molecule has 0 unspecified atom stereocenters. The van der Waals surface area contributed by atoms with Crippen molar-refractivity contribution in [1.29, 1.82) is 0 Å². The van der Waals surface area contributed by atoms with Crippen molar-refractivity contribution in [2.45, 2.75) is 32.9 Å². The molecule has 0 bridgehead atoms. The number of hydrogen-bond acceptors (Lipinski definition) is 4. The summed E-state index contributed by atoms with van der Waals surface area (Å²) in [5, 5.41) is 13.1. The third kappa shape index (κ3) is 3.13. The molecule has 1 fully saturated rings. The predicted octanol–water partition coefficient (Wildman–Crippen LogP) is 0.0181. The van der Waals surface area contributed by atoms with Crippen molar-refractivity contribution >= 4 is 5.91 Å². The number of carbonyl (C=O) groups excluding carboxylic acids is 1. The van der Waals surface area contributed by atoms with Crippen molar-refractivity contribution in [3.8, 4) is 0 Å². The zero-order chi connectivity index (χ0) is 13.9. The highest BCUT2D eigenvalue weighted by Crippen LogP contribution is 2.15. The molecule has 6 nitrogen and oxygen atoms in total. The molecule has 2 rings (SSSR count). The Bertz CT molecular complexity index is 434. The predicted molar refractivity (Wildman–Crippen MR) is 73.7 cm³/mol. The SMILES string of the molecule is Cc1[nH]ncc1CNC(=O)C(C)(C)N1CCNCC1.